The van der Waals surface area contributed by atoms with Crippen molar-refractivity contribution in [2.45, 2.75) is 6.04 Å². The predicted molar refractivity (Wildman–Crippen MR) is 226 cm³/mol. The molecule has 4 heterocycles. The normalized spacial score (nSPS) is 13.3. The Morgan fingerprint density at radius 2 is 1.04 bits per heavy atom. The molecule has 0 amide bonds. The monoisotopic (exact) mass is 719 g/mol. The average Bonchev–Trinajstić information content (AvgIpc) is 3.82. The van der Waals surface area contributed by atoms with Gasteiger partial charge in [0.15, 0.2) is 23.1 Å². The number of benzene rings is 7. The third-order valence-corrected chi connectivity index (χ3v) is 10.7. The van der Waals surface area contributed by atoms with Gasteiger partial charge in [-0.1, -0.05) is 152 Å². The molecule has 10 aromatic rings. The third kappa shape index (κ3) is 5.30. The molecule has 0 fully saturated rings. The van der Waals surface area contributed by atoms with Gasteiger partial charge in [0, 0.05) is 39.0 Å². The lowest BCUT2D eigenvalue weighted by Gasteiger charge is -2.27. The van der Waals surface area contributed by atoms with Crippen LogP contribution in [0.1, 0.15) is 17.2 Å². The Balaban J connectivity index is 1.10. The van der Waals surface area contributed by atoms with Crippen molar-refractivity contribution in [1.29, 1.82) is 0 Å². The molecule has 11 rings (SSSR count). The number of nitrogens with one attached hydrogen (secondary N) is 1. The van der Waals surface area contributed by atoms with Gasteiger partial charge < -0.3 is 14.3 Å². The fraction of sp³-hybridized carbons (Fsp3) is 0.0200. The van der Waals surface area contributed by atoms with Crippen LogP contribution in [-0.2, 0) is 0 Å². The first-order chi connectivity index (χ1) is 27.8. The highest BCUT2D eigenvalue weighted by Crippen LogP contribution is 2.50. The van der Waals surface area contributed by atoms with Gasteiger partial charge in [0.2, 0.25) is 0 Å². The second-order valence-corrected chi connectivity index (χ2v) is 14.1. The highest BCUT2D eigenvalue weighted by molar-refractivity contribution is 6.10. The van der Waals surface area contributed by atoms with Crippen LogP contribution in [0.4, 0.5) is 5.69 Å². The summed E-state index contributed by atoms with van der Waals surface area (Å²) in [5.74, 6) is 2.73. The van der Waals surface area contributed by atoms with E-state index in [2.05, 4.69) is 162 Å². The Hall–Kier alpha value is -7.57. The molecule has 0 spiro atoms. The second kappa shape index (κ2) is 13.1. The van der Waals surface area contributed by atoms with Crippen LogP contribution < -0.4 is 5.32 Å². The number of rotatable bonds is 6. The predicted octanol–water partition coefficient (Wildman–Crippen LogP) is 12.4. The third-order valence-electron chi connectivity index (χ3n) is 10.7. The van der Waals surface area contributed by atoms with E-state index in [1.54, 1.807) is 0 Å². The smallest absolute Gasteiger partial charge is 0.164 e. The van der Waals surface area contributed by atoms with Crippen LogP contribution in [0.2, 0.25) is 0 Å². The van der Waals surface area contributed by atoms with Crippen molar-refractivity contribution in [3.05, 3.63) is 199 Å². The molecule has 264 valence electrons. The Labute approximate surface area is 323 Å². The van der Waals surface area contributed by atoms with Crippen molar-refractivity contribution in [1.82, 2.24) is 19.5 Å². The molecule has 1 atom stereocenters. The summed E-state index contributed by atoms with van der Waals surface area (Å²) in [6, 6.07) is 64.8. The molecule has 0 radical (unpaired) electrons. The Kier molecular flexibility index (Phi) is 7.45. The van der Waals surface area contributed by atoms with E-state index in [0.29, 0.717) is 17.5 Å². The van der Waals surface area contributed by atoms with E-state index in [9.17, 15) is 0 Å². The minimum atomic E-state index is -0.124. The number of furan rings is 1. The number of aromatic nitrogens is 4. The lowest BCUT2D eigenvalue weighted by Crippen LogP contribution is -2.18. The molecule has 0 aliphatic carbocycles. The van der Waals surface area contributed by atoms with Gasteiger partial charge in [0.05, 0.1) is 22.6 Å². The van der Waals surface area contributed by atoms with Gasteiger partial charge in [0.25, 0.3) is 0 Å². The van der Waals surface area contributed by atoms with Gasteiger partial charge in [0.1, 0.15) is 5.76 Å². The topological polar surface area (TPSA) is 68.8 Å². The maximum atomic E-state index is 6.97. The van der Waals surface area contributed by atoms with Gasteiger partial charge >= 0.3 is 0 Å². The second-order valence-electron chi connectivity index (χ2n) is 14.1. The molecule has 0 bridgehead atoms. The maximum Gasteiger partial charge on any atom is 0.164 e. The summed E-state index contributed by atoms with van der Waals surface area (Å²) >= 11 is 0. The van der Waals surface area contributed by atoms with Crippen molar-refractivity contribution in [2.75, 3.05) is 5.32 Å². The molecular formula is C50H33N5O. The fourth-order valence-electron chi connectivity index (χ4n) is 8.06. The highest BCUT2D eigenvalue weighted by Gasteiger charge is 2.34. The number of fused-ring (bicyclic) bond motifs is 7. The zero-order valence-electron chi connectivity index (χ0n) is 30.2. The van der Waals surface area contributed by atoms with Gasteiger partial charge in [-0.3, -0.25) is 0 Å². The molecule has 56 heavy (non-hydrogen) atoms. The fourth-order valence-corrected chi connectivity index (χ4v) is 8.06. The van der Waals surface area contributed by atoms with Gasteiger partial charge in [-0.05, 0) is 53.1 Å². The molecule has 1 aliphatic heterocycles. The first-order valence-corrected chi connectivity index (χ1v) is 18.8. The summed E-state index contributed by atoms with van der Waals surface area (Å²) < 4.78 is 9.31. The largest absolute Gasteiger partial charge is 0.453 e. The first kappa shape index (κ1) is 31.9. The summed E-state index contributed by atoms with van der Waals surface area (Å²) in [4.78, 5) is 15.2. The molecule has 7 aromatic carbocycles. The Morgan fingerprint density at radius 3 is 1.79 bits per heavy atom. The lowest BCUT2D eigenvalue weighted by molar-refractivity contribution is 0.626. The Bertz CT molecular complexity index is 3040. The SMILES string of the molecule is c1ccc(-c2ccc(-c3nc(-c4ccccc4)nc(-c4cccc(-n5c6ccccc6c6oc7c(c65)C(c5ccccc5)Nc5ccccc5-7)c4)n3)cc2)cc1. The first-order valence-electron chi connectivity index (χ1n) is 18.8. The minimum Gasteiger partial charge on any atom is -0.453 e. The van der Waals surface area contributed by atoms with Crippen LogP contribution in [0.25, 0.3) is 84.3 Å². The summed E-state index contributed by atoms with van der Waals surface area (Å²) in [6.45, 7) is 0. The molecule has 1 aliphatic rings. The van der Waals surface area contributed by atoms with E-state index < -0.39 is 0 Å². The lowest BCUT2D eigenvalue weighted by atomic mass is 9.91. The van der Waals surface area contributed by atoms with Crippen LogP contribution in [-0.4, -0.2) is 19.5 Å². The number of nitrogens with zero attached hydrogens (tertiary/aromatic N) is 4. The van der Waals surface area contributed by atoms with Crippen LogP contribution in [0.15, 0.2) is 192 Å². The van der Waals surface area contributed by atoms with Gasteiger partial charge in [-0.25, -0.2) is 15.0 Å². The zero-order chi connectivity index (χ0) is 37.0. The van der Waals surface area contributed by atoms with Gasteiger partial charge in [-0.15, -0.1) is 0 Å². The molecular weight excluding hydrogens is 687 g/mol. The van der Waals surface area contributed by atoms with Crippen LogP contribution in [0.3, 0.4) is 0 Å². The van der Waals surface area contributed by atoms with E-state index in [1.165, 1.54) is 5.56 Å². The standard InChI is InChI=1S/C50H33N5O/c1-4-15-32(16-5-1)33-27-29-36(30-28-33)49-52-48(35-19-8-3-9-20-35)53-50(54-49)37-21-14-22-38(31-37)55-42-26-13-11-24-40(42)47-45(55)43-44(34-17-6-2-7-18-34)51-41-25-12-10-23-39(41)46(43)56-47/h1-31,44,51H. The van der Waals surface area contributed by atoms with Crippen molar-refractivity contribution in [3.63, 3.8) is 0 Å². The molecule has 6 heteroatoms. The van der Waals surface area contributed by atoms with Gasteiger partial charge in [-0.2, -0.15) is 0 Å². The Morgan fingerprint density at radius 1 is 0.482 bits per heavy atom. The van der Waals surface area contributed by atoms with Crippen molar-refractivity contribution in [2.24, 2.45) is 0 Å². The zero-order valence-corrected chi connectivity index (χ0v) is 30.2. The summed E-state index contributed by atoms with van der Waals surface area (Å²) in [7, 11) is 0. The summed E-state index contributed by atoms with van der Waals surface area (Å²) in [5, 5.41) is 4.92. The van der Waals surface area contributed by atoms with Crippen molar-refractivity contribution >= 4 is 27.7 Å². The van der Waals surface area contributed by atoms with E-state index in [4.69, 9.17) is 19.4 Å². The quantitative estimate of drug-likeness (QED) is 0.185. The maximum absolute atomic E-state index is 6.97. The minimum absolute atomic E-state index is 0.124. The number of para-hydroxylation sites is 2. The highest BCUT2D eigenvalue weighted by atomic mass is 16.3. The molecule has 3 aromatic heterocycles. The molecule has 0 saturated heterocycles. The number of hydrogen-bond acceptors (Lipinski definition) is 5. The van der Waals surface area contributed by atoms with E-state index in [0.717, 1.165) is 78.1 Å². The van der Waals surface area contributed by atoms with E-state index in [1.807, 2.05) is 36.4 Å². The van der Waals surface area contributed by atoms with Crippen LogP contribution in [0.5, 0.6) is 0 Å². The molecule has 0 saturated carbocycles. The summed E-state index contributed by atoms with van der Waals surface area (Å²) in [6.07, 6.45) is 0. The summed E-state index contributed by atoms with van der Waals surface area (Å²) in [5.41, 5.74) is 13.4. The van der Waals surface area contributed by atoms with E-state index in [-0.39, 0.29) is 6.04 Å². The van der Waals surface area contributed by atoms with Crippen molar-refractivity contribution < 1.29 is 4.42 Å². The molecule has 1 N–H and O–H groups in total. The number of hydrogen-bond donors (Lipinski definition) is 1. The molecule has 1 unspecified atom stereocenters. The van der Waals surface area contributed by atoms with Crippen molar-refractivity contribution in [3.8, 4) is 62.3 Å². The van der Waals surface area contributed by atoms with Crippen LogP contribution in [0, 0.1) is 0 Å². The van der Waals surface area contributed by atoms with E-state index >= 15 is 0 Å². The molecule has 6 nitrogen and oxygen atoms in total. The average molecular weight is 720 g/mol. The van der Waals surface area contributed by atoms with Crippen LogP contribution >= 0.6 is 0 Å². The number of anilines is 1.